The molecule has 0 unspecified atom stereocenters. The normalized spacial score (nSPS) is 12.2. The molecule has 0 radical (unpaired) electrons. The Balaban J connectivity index is 1.93. The van der Waals surface area contributed by atoms with Crippen LogP contribution in [0.4, 0.5) is 0 Å². The highest BCUT2D eigenvalue weighted by Gasteiger charge is 2.16. The summed E-state index contributed by atoms with van der Waals surface area (Å²) in [6, 6.07) is 22.2. The van der Waals surface area contributed by atoms with E-state index in [1.54, 1.807) is 19.1 Å². The first-order valence-corrected chi connectivity index (χ1v) is 11.9. The van der Waals surface area contributed by atoms with Crippen molar-refractivity contribution < 1.29 is 13.0 Å². The van der Waals surface area contributed by atoms with Crippen LogP contribution in [0, 0.1) is 19.3 Å². The van der Waals surface area contributed by atoms with Crippen molar-refractivity contribution in [1.82, 2.24) is 4.98 Å². The van der Waals surface area contributed by atoms with Gasteiger partial charge in [0.2, 0.25) is 0 Å². The van der Waals surface area contributed by atoms with E-state index in [0.717, 1.165) is 50.0 Å². The lowest BCUT2D eigenvalue weighted by Gasteiger charge is -2.16. The van der Waals surface area contributed by atoms with Crippen LogP contribution in [-0.4, -0.2) is 23.7 Å². The second-order valence-electron chi connectivity index (χ2n) is 8.05. The van der Waals surface area contributed by atoms with Crippen LogP contribution in [-0.2, 0) is 10.1 Å². The van der Waals surface area contributed by atoms with E-state index in [2.05, 4.69) is 0 Å². The van der Waals surface area contributed by atoms with Crippen LogP contribution in [0.15, 0.2) is 83.8 Å². The standard InChI is InChI=1S/C27H24N2O3S/c1-17(28)15-25(20-7-5-4-6-8-20)23-13-14-24-26(16-18(2)29-27(24)19(23)3)21-9-11-22(12-10-21)33(30,31)32/h4-16,28H,1-3H3,(H,30,31,32)/b25-15-,28-17?. The lowest BCUT2D eigenvalue weighted by Crippen LogP contribution is -1.99. The van der Waals surface area contributed by atoms with E-state index in [-0.39, 0.29) is 4.90 Å². The van der Waals surface area contributed by atoms with Crippen LogP contribution in [0.2, 0.25) is 0 Å². The lowest BCUT2D eigenvalue weighted by molar-refractivity contribution is 0.483. The highest BCUT2D eigenvalue weighted by Crippen LogP contribution is 2.35. The first kappa shape index (κ1) is 22.6. The molecule has 0 aliphatic heterocycles. The van der Waals surface area contributed by atoms with Crippen molar-refractivity contribution in [2.75, 3.05) is 0 Å². The van der Waals surface area contributed by atoms with Gasteiger partial charge < -0.3 is 5.41 Å². The Morgan fingerprint density at radius 1 is 0.970 bits per heavy atom. The molecular formula is C27H24N2O3S. The Morgan fingerprint density at radius 3 is 2.24 bits per heavy atom. The molecule has 33 heavy (non-hydrogen) atoms. The molecule has 0 spiro atoms. The van der Waals surface area contributed by atoms with Crippen molar-refractivity contribution in [3.8, 4) is 11.1 Å². The maximum atomic E-state index is 11.4. The molecule has 3 aromatic carbocycles. The first-order valence-electron chi connectivity index (χ1n) is 10.5. The van der Waals surface area contributed by atoms with E-state index in [1.165, 1.54) is 12.1 Å². The summed E-state index contributed by atoms with van der Waals surface area (Å²) in [5.41, 5.74) is 7.92. The minimum Gasteiger partial charge on any atom is -0.306 e. The Hall–Kier alpha value is -3.61. The summed E-state index contributed by atoms with van der Waals surface area (Å²) in [6.07, 6.45) is 1.87. The molecule has 0 saturated carbocycles. The van der Waals surface area contributed by atoms with Crippen molar-refractivity contribution in [1.29, 1.82) is 5.41 Å². The molecule has 6 heteroatoms. The fourth-order valence-electron chi connectivity index (χ4n) is 4.04. The van der Waals surface area contributed by atoms with Gasteiger partial charge >= 0.3 is 0 Å². The second-order valence-corrected chi connectivity index (χ2v) is 9.47. The van der Waals surface area contributed by atoms with Gasteiger partial charge in [-0.25, -0.2) is 0 Å². The number of nitrogens with zero attached hydrogens (tertiary/aromatic N) is 1. The third kappa shape index (κ3) is 4.62. The van der Waals surface area contributed by atoms with Crippen LogP contribution >= 0.6 is 0 Å². The molecule has 0 amide bonds. The number of nitrogens with one attached hydrogen (secondary N) is 1. The van der Waals surface area contributed by atoms with Crippen LogP contribution < -0.4 is 0 Å². The zero-order chi connectivity index (χ0) is 23.8. The minimum atomic E-state index is -4.25. The van der Waals surface area contributed by atoms with Gasteiger partial charge in [0, 0.05) is 16.8 Å². The van der Waals surface area contributed by atoms with E-state index in [9.17, 15) is 13.0 Å². The average Bonchev–Trinajstić information content (AvgIpc) is 2.78. The molecule has 166 valence electrons. The SMILES string of the molecule is CC(=N)/C=C(/c1ccccc1)c1ccc2c(-c3ccc(S(=O)(=O)O)cc3)cc(C)nc2c1C. The molecule has 0 saturated heterocycles. The molecular weight excluding hydrogens is 432 g/mol. The highest BCUT2D eigenvalue weighted by molar-refractivity contribution is 7.85. The quantitative estimate of drug-likeness (QED) is 0.275. The van der Waals surface area contributed by atoms with Gasteiger partial charge in [-0.3, -0.25) is 9.54 Å². The number of fused-ring (bicyclic) bond motifs is 1. The number of hydrogen-bond acceptors (Lipinski definition) is 4. The van der Waals surface area contributed by atoms with E-state index in [4.69, 9.17) is 10.4 Å². The summed E-state index contributed by atoms with van der Waals surface area (Å²) >= 11 is 0. The number of hydrogen-bond donors (Lipinski definition) is 2. The van der Waals surface area contributed by atoms with E-state index in [1.807, 2.05) is 68.5 Å². The van der Waals surface area contributed by atoms with Crippen LogP contribution in [0.5, 0.6) is 0 Å². The summed E-state index contributed by atoms with van der Waals surface area (Å²) in [6.45, 7) is 5.72. The van der Waals surface area contributed by atoms with Crippen molar-refractivity contribution in [2.24, 2.45) is 0 Å². The Kier molecular flexibility index (Phi) is 5.97. The number of rotatable bonds is 5. The Labute approximate surface area is 193 Å². The number of aryl methyl sites for hydroxylation is 2. The van der Waals surface area contributed by atoms with Gasteiger partial charge in [0.1, 0.15) is 0 Å². The molecule has 0 fully saturated rings. The molecule has 0 atom stereocenters. The largest absolute Gasteiger partial charge is 0.306 e. The monoisotopic (exact) mass is 456 g/mol. The fraction of sp³-hybridized carbons (Fsp3) is 0.111. The molecule has 4 aromatic rings. The predicted octanol–water partition coefficient (Wildman–Crippen LogP) is 6.24. The summed E-state index contributed by atoms with van der Waals surface area (Å²) in [7, 11) is -4.25. The van der Waals surface area contributed by atoms with Gasteiger partial charge in [0.25, 0.3) is 10.1 Å². The van der Waals surface area contributed by atoms with Gasteiger partial charge in [-0.2, -0.15) is 8.42 Å². The summed E-state index contributed by atoms with van der Waals surface area (Å²) in [5.74, 6) is 0. The fourth-order valence-corrected chi connectivity index (χ4v) is 4.52. The van der Waals surface area contributed by atoms with Crippen LogP contribution in [0.1, 0.15) is 29.3 Å². The van der Waals surface area contributed by atoms with Gasteiger partial charge in [0.05, 0.1) is 10.4 Å². The average molecular weight is 457 g/mol. The second kappa shape index (κ2) is 8.73. The molecule has 0 bridgehead atoms. The molecule has 2 N–H and O–H groups in total. The van der Waals surface area contributed by atoms with Crippen LogP contribution in [0.25, 0.3) is 27.6 Å². The number of benzene rings is 3. The maximum Gasteiger partial charge on any atom is 0.294 e. The lowest BCUT2D eigenvalue weighted by atomic mass is 9.90. The van der Waals surface area contributed by atoms with Crippen molar-refractivity contribution in [3.63, 3.8) is 0 Å². The van der Waals surface area contributed by atoms with E-state index >= 15 is 0 Å². The third-order valence-corrected chi connectivity index (χ3v) is 6.43. The molecule has 0 aliphatic carbocycles. The molecule has 1 aromatic heterocycles. The van der Waals surface area contributed by atoms with Gasteiger partial charge in [-0.1, -0.05) is 54.6 Å². The Bertz CT molecular complexity index is 1510. The molecule has 4 rings (SSSR count). The molecule has 1 heterocycles. The summed E-state index contributed by atoms with van der Waals surface area (Å²) < 4.78 is 32.1. The topological polar surface area (TPSA) is 91.1 Å². The van der Waals surface area contributed by atoms with Crippen LogP contribution in [0.3, 0.4) is 0 Å². The summed E-state index contributed by atoms with van der Waals surface area (Å²) in [4.78, 5) is 4.68. The number of allylic oxidation sites excluding steroid dienone is 1. The first-order chi connectivity index (χ1) is 15.6. The maximum absolute atomic E-state index is 11.4. The molecule has 0 aliphatic rings. The molecule has 5 nitrogen and oxygen atoms in total. The van der Waals surface area contributed by atoms with Gasteiger partial charge in [-0.05, 0) is 78.4 Å². The zero-order valence-electron chi connectivity index (χ0n) is 18.6. The van der Waals surface area contributed by atoms with Crippen molar-refractivity contribution >= 4 is 32.3 Å². The van der Waals surface area contributed by atoms with Gasteiger partial charge in [0.15, 0.2) is 0 Å². The highest BCUT2D eigenvalue weighted by atomic mass is 32.2. The van der Waals surface area contributed by atoms with E-state index in [0.29, 0.717) is 5.71 Å². The number of pyridine rings is 1. The van der Waals surface area contributed by atoms with Crippen molar-refractivity contribution in [2.45, 2.75) is 25.7 Å². The van der Waals surface area contributed by atoms with Gasteiger partial charge in [-0.15, -0.1) is 0 Å². The Morgan fingerprint density at radius 2 is 1.64 bits per heavy atom. The zero-order valence-corrected chi connectivity index (χ0v) is 19.4. The van der Waals surface area contributed by atoms with E-state index < -0.39 is 10.1 Å². The smallest absolute Gasteiger partial charge is 0.294 e. The van der Waals surface area contributed by atoms with Crippen molar-refractivity contribution in [3.05, 3.63) is 101 Å². The minimum absolute atomic E-state index is 0.139. The number of aromatic nitrogens is 1. The summed E-state index contributed by atoms with van der Waals surface area (Å²) in [5, 5.41) is 8.99. The predicted molar refractivity (Wildman–Crippen MR) is 133 cm³/mol. The third-order valence-electron chi connectivity index (χ3n) is 5.56.